The van der Waals surface area contributed by atoms with Crippen molar-refractivity contribution in [3.05, 3.63) is 34.5 Å². The van der Waals surface area contributed by atoms with E-state index in [2.05, 4.69) is 9.97 Å². The molecular weight excluding hydrogens is 313 g/mol. The molecule has 0 fully saturated rings. The van der Waals surface area contributed by atoms with Gasteiger partial charge >= 0.3 is 12.1 Å². The highest BCUT2D eigenvalue weighted by molar-refractivity contribution is 8.01. The SMILES string of the molecule is Cc1nc(Sc2ncccc2C(F)(F)F)sc1C(=O)O. The molecule has 106 valence electrons. The smallest absolute Gasteiger partial charge is 0.419 e. The molecule has 0 aromatic carbocycles. The van der Waals surface area contributed by atoms with E-state index in [1.54, 1.807) is 0 Å². The normalized spacial score (nSPS) is 11.6. The number of rotatable bonds is 3. The van der Waals surface area contributed by atoms with Crippen LogP contribution in [0.4, 0.5) is 13.2 Å². The van der Waals surface area contributed by atoms with Crippen molar-refractivity contribution in [2.24, 2.45) is 0 Å². The lowest BCUT2D eigenvalue weighted by molar-refractivity contribution is -0.140. The van der Waals surface area contributed by atoms with Gasteiger partial charge in [0.1, 0.15) is 9.90 Å². The topological polar surface area (TPSA) is 63.1 Å². The number of carboxylic acid groups (broad SMARTS) is 1. The maximum absolute atomic E-state index is 12.8. The van der Waals surface area contributed by atoms with Gasteiger partial charge < -0.3 is 5.11 Å². The second-order valence-corrected chi connectivity index (χ2v) is 5.89. The largest absolute Gasteiger partial charge is 0.477 e. The van der Waals surface area contributed by atoms with Crippen molar-refractivity contribution in [2.45, 2.75) is 22.5 Å². The number of halogens is 3. The summed E-state index contributed by atoms with van der Waals surface area (Å²) < 4.78 is 38.6. The molecular formula is C11H7F3N2O2S2. The molecule has 0 aliphatic carbocycles. The van der Waals surface area contributed by atoms with Gasteiger partial charge in [-0.3, -0.25) is 0 Å². The molecule has 0 amide bonds. The minimum Gasteiger partial charge on any atom is -0.477 e. The van der Waals surface area contributed by atoms with Crippen LogP contribution in [-0.2, 0) is 6.18 Å². The zero-order chi connectivity index (χ0) is 14.9. The fraction of sp³-hybridized carbons (Fsp3) is 0.182. The van der Waals surface area contributed by atoms with E-state index in [4.69, 9.17) is 5.11 Å². The van der Waals surface area contributed by atoms with Gasteiger partial charge in [0.25, 0.3) is 0 Å². The first kappa shape index (κ1) is 14.8. The highest BCUT2D eigenvalue weighted by atomic mass is 32.2. The van der Waals surface area contributed by atoms with E-state index in [0.717, 1.165) is 17.4 Å². The molecule has 0 saturated carbocycles. The molecule has 0 unspecified atom stereocenters. The maximum Gasteiger partial charge on any atom is 0.419 e. The predicted molar refractivity (Wildman–Crippen MR) is 67.2 cm³/mol. The summed E-state index contributed by atoms with van der Waals surface area (Å²) in [6.45, 7) is 1.49. The first-order valence-corrected chi connectivity index (χ1v) is 6.83. The summed E-state index contributed by atoms with van der Waals surface area (Å²) in [4.78, 5) is 18.5. The number of hydrogen-bond acceptors (Lipinski definition) is 5. The minimum absolute atomic E-state index is 0.0111. The van der Waals surface area contributed by atoms with Gasteiger partial charge in [0.15, 0.2) is 4.34 Å². The number of aromatic nitrogens is 2. The van der Waals surface area contributed by atoms with Crippen molar-refractivity contribution in [2.75, 3.05) is 0 Å². The molecule has 2 aromatic rings. The van der Waals surface area contributed by atoms with E-state index in [0.29, 0.717) is 11.8 Å². The fourth-order valence-corrected chi connectivity index (χ4v) is 3.43. The van der Waals surface area contributed by atoms with Crippen molar-refractivity contribution < 1.29 is 23.1 Å². The number of aromatic carboxylic acids is 1. The third kappa shape index (κ3) is 3.10. The first-order chi connectivity index (χ1) is 9.29. The summed E-state index contributed by atoms with van der Waals surface area (Å²) in [5, 5.41) is 8.65. The lowest BCUT2D eigenvalue weighted by Crippen LogP contribution is -2.07. The Hall–Kier alpha value is -1.61. The molecule has 0 bridgehead atoms. The molecule has 0 atom stereocenters. The Morgan fingerprint density at radius 3 is 2.70 bits per heavy atom. The number of nitrogens with zero attached hydrogens (tertiary/aromatic N) is 2. The van der Waals surface area contributed by atoms with E-state index in [1.165, 1.54) is 19.2 Å². The average Bonchev–Trinajstić information content (AvgIpc) is 2.69. The van der Waals surface area contributed by atoms with Gasteiger partial charge in [-0.15, -0.1) is 0 Å². The quantitative estimate of drug-likeness (QED) is 0.934. The van der Waals surface area contributed by atoms with Crippen LogP contribution in [-0.4, -0.2) is 21.0 Å². The van der Waals surface area contributed by atoms with Crippen molar-refractivity contribution >= 4 is 29.1 Å². The highest BCUT2D eigenvalue weighted by Crippen LogP contribution is 2.39. The van der Waals surface area contributed by atoms with Crippen molar-refractivity contribution in [1.29, 1.82) is 0 Å². The van der Waals surface area contributed by atoms with Gasteiger partial charge in [-0.05, 0) is 30.8 Å². The van der Waals surface area contributed by atoms with Crippen LogP contribution < -0.4 is 0 Å². The fourth-order valence-electron chi connectivity index (χ4n) is 1.38. The van der Waals surface area contributed by atoms with E-state index >= 15 is 0 Å². The lowest BCUT2D eigenvalue weighted by atomic mass is 10.3. The Morgan fingerprint density at radius 1 is 1.45 bits per heavy atom. The van der Waals surface area contributed by atoms with Crippen LogP contribution in [0.2, 0.25) is 0 Å². The zero-order valence-electron chi connectivity index (χ0n) is 9.93. The number of carbonyl (C=O) groups is 1. The summed E-state index contributed by atoms with van der Waals surface area (Å²) in [7, 11) is 0. The molecule has 0 spiro atoms. The first-order valence-electron chi connectivity index (χ1n) is 5.20. The van der Waals surface area contributed by atoms with Gasteiger partial charge in [0.05, 0.1) is 11.3 Å². The van der Waals surface area contributed by atoms with E-state index in [9.17, 15) is 18.0 Å². The van der Waals surface area contributed by atoms with Crippen molar-refractivity contribution in [1.82, 2.24) is 9.97 Å². The van der Waals surface area contributed by atoms with Crippen LogP contribution in [0.5, 0.6) is 0 Å². The van der Waals surface area contributed by atoms with Gasteiger partial charge in [-0.2, -0.15) is 13.2 Å². The second-order valence-electron chi connectivity index (χ2n) is 3.66. The Balaban J connectivity index is 2.36. The minimum atomic E-state index is -4.52. The van der Waals surface area contributed by atoms with Crippen LogP contribution in [0.15, 0.2) is 27.7 Å². The van der Waals surface area contributed by atoms with E-state index in [-0.39, 0.29) is 19.9 Å². The number of thiazole rings is 1. The molecule has 9 heteroatoms. The van der Waals surface area contributed by atoms with Gasteiger partial charge in [-0.25, -0.2) is 14.8 Å². The monoisotopic (exact) mass is 320 g/mol. The summed E-state index contributed by atoms with van der Waals surface area (Å²) in [5.41, 5.74) is -0.593. The van der Waals surface area contributed by atoms with Crippen LogP contribution in [0.25, 0.3) is 0 Å². The van der Waals surface area contributed by atoms with Crippen molar-refractivity contribution in [3.63, 3.8) is 0 Å². The van der Waals surface area contributed by atoms with Crippen LogP contribution in [0, 0.1) is 6.92 Å². The molecule has 0 radical (unpaired) electrons. The molecule has 0 aliphatic rings. The number of hydrogen-bond donors (Lipinski definition) is 1. The molecule has 4 nitrogen and oxygen atoms in total. The van der Waals surface area contributed by atoms with Crippen molar-refractivity contribution in [3.8, 4) is 0 Å². The predicted octanol–water partition coefficient (Wildman–Crippen LogP) is 3.71. The number of alkyl halides is 3. The molecule has 20 heavy (non-hydrogen) atoms. The number of pyridine rings is 1. The summed E-state index contributed by atoms with van der Waals surface area (Å²) in [6.07, 6.45) is -3.27. The van der Waals surface area contributed by atoms with Crippen LogP contribution >= 0.6 is 23.1 Å². The summed E-state index contributed by atoms with van der Waals surface area (Å²) in [6, 6.07) is 2.12. The number of carboxylic acids is 1. The molecule has 0 aliphatic heterocycles. The Kier molecular flexibility index (Phi) is 4.00. The molecule has 2 heterocycles. The molecule has 1 N–H and O–H groups in total. The second kappa shape index (κ2) is 5.41. The Bertz CT molecular complexity index is 655. The van der Waals surface area contributed by atoms with E-state index in [1.807, 2.05) is 0 Å². The van der Waals surface area contributed by atoms with Crippen LogP contribution in [0.3, 0.4) is 0 Å². The zero-order valence-corrected chi connectivity index (χ0v) is 11.6. The number of aryl methyl sites for hydroxylation is 1. The van der Waals surface area contributed by atoms with Gasteiger partial charge in [0, 0.05) is 6.20 Å². The molecule has 0 saturated heterocycles. The third-order valence-electron chi connectivity index (χ3n) is 2.23. The van der Waals surface area contributed by atoms with Crippen LogP contribution in [0.1, 0.15) is 20.9 Å². The van der Waals surface area contributed by atoms with Gasteiger partial charge in [-0.1, -0.05) is 11.3 Å². The summed E-state index contributed by atoms with van der Waals surface area (Å²) >= 11 is 1.53. The highest BCUT2D eigenvalue weighted by Gasteiger charge is 2.34. The summed E-state index contributed by atoms with van der Waals surface area (Å²) in [5.74, 6) is -1.15. The lowest BCUT2D eigenvalue weighted by Gasteiger charge is -2.09. The van der Waals surface area contributed by atoms with Gasteiger partial charge in [0.2, 0.25) is 0 Å². The Morgan fingerprint density at radius 2 is 2.15 bits per heavy atom. The average molecular weight is 320 g/mol. The third-order valence-corrected chi connectivity index (χ3v) is 4.46. The van der Waals surface area contributed by atoms with E-state index < -0.39 is 17.7 Å². The molecule has 2 rings (SSSR count). The standard InChI is InChI=1S/C11H7F3N2O2S2/c1-5-7(9(17)18)19-10(16-5)20-8-6(11(12,13)14)3-2-4-15-8/h2-4H,1H3,(H,17,18). The Labute approximate surface area is 119 Å². The molecule has 2 aromatic heterocycles. The maximum atomic E-state index is 12.8.